The molecule has 110 valence electrons. The van der Waals surface area contributed by atoms with Crippen LogP contribution in [0.25, 0.3) is 0 Å². The molecule has 0 saturated carbocycles. The Morgan fingerprint density at radius 3 is 3.00 bits per heavy atom. The molecule has 1 saturated heterocycles. The van der Waals surface area contributed by atoms with Crippen molar-refractivity contribution in [1.29, 1.82) is 0 Å². The molecular formula is C16H24N2OS. The number of piperidine rings is 1. The normalized spacial score (nSPS) is 19.1. The molecule has 1 aromatic rings. The second-order valence-electron chi connectivity index (χ2n) is 5.46. The lowest BCUT2D eigenvalue weighted by atomic mass is 10.0. The monoisotopic (exact) mass is 292 g/mol. The summed E-state index contributed by atoms with van der Waals surface area (Å²) in [4.78, 5) is 15.6. The average molecular weight is 292 g/mol. The first kappa shape index (κ1) is 15.2. The Labute approximate surface area is 125 Å². The summed E-state index contributed by atoms with van der Waals surface area (Å²) in [6.07, 6.45) is 4.62. The van der Waals surface area contributed by atoms with Crippen LogP contribution in [0.2, 0.25) is 0 Å². The van der Waals surface area contributed by atoms with Gasteiger partial charge in [-0.3, -0.25) is 4.79 Å². The van der Waals surface area contributed by atoms with Crippen molar-refractivity contribution in [3.8, 4) is 0 Å². The largest absolute Gasteiger partial charge is 0.399 e. The number of thioether (sulfide) groups is 1. The Kier molecular flexibility index (Phi) is 5.35. The summed E-state index contributed by atoms with van der Waals surface area (Å²) in [5, 5.41) is 0. The number of hydrogen-bond acceptors (Lipinski definition) is 3. The lowest BCUT2D eigenvalue weighted by Gasteiger charge is -2.35. The van der Waals surface area contributed by atoms with Crippen LogP contribution in [0.1, 0.15) is 38.2 Å². The van der Waals surface area contributed by atoms with Crippen LogP contribution in [-0.4, -0.2) is 29.1 Å². The molecule has 0 spiro atoms. The van der Waals surface area contributed by atoms with E-state index in [0.29, 0.717) is 11.8 Å². The van der Waals surface area contributed by atoms with Gasteiger partial charge in [0.05, 0.1) is 5.75 Å². The first-order valence-electron chi connectivity index (χ1n) is 7.40. The number of aryl methyl sites for hydroxylation is 1. The van der Waals surface area contributed by atoms with Crippen molar-refractivity contribution in [3.63, 3.8) is 0 Å². The summed E-state index contributed by atoms with van der Waals surface area (Å²) in [7, 11) is 0. The van der Waals surface area contributed by atoms with Gasteiger partial charge in [0, 0.05) is 23.2 Å². The molecule has 0 radical (unpaired) electrons. The Morgan fingerprint density at radius 1 is 1.45 bits per heavy atom. The van der Waals surface area contributed by atoms with E-state index in [2.05, 4.69) is 18.7 Å². The highest BCUT2D eigenvalue weighted by molar-refractivity contribution is 8.00. The van der Waals surface area contributed by atoms with Crippen LogP contribution in [0.5, 0.6) is 0 Å². The number of nitrogens with zero attached hydrogens (tertiary/aromatic N) is 1. The number of anilines is 1. The van der Waals surface area contributed by atoms with Gasteiger partial charge in [-0.1, -0.05) is 13.0 Å². The van der Waals surface area contributed by atoms with E-state index >= 15 is 0 Å². The third-order valence-electron chi connectivity index (χ3n) is 3.98. The first-order chi connectivity index (χ1) is 9.61. The molecule has 1 atom stereocenters. The van der Waals surface area contributed by atoms with Gasteiger partial charge < -0.3 is 10.6 Å². The van der Waals surface area contributed by atoms with Gasteiger partial charge in [-0.05, 0) is 50.3 Å². The highest BCUT2D eigenvalue weighted by atomic mass is 32.2. The molecule has 1 aliphatic heterocycles. The Balaban J connectivity index is 1.95. The molecule has 1 aromatic carbocycles. The molecule has 0 bridgehead atoms. The molecule has 2 N–H and O–H groups in total. The second-order valence-corrected chi connectivity index (χ2v) is 6.48. The maximum absolute atomic E-state index is 12.4. The van der Waals surface area contributed by atoms with Gasteiger partial charge in [0.25, 0.3) is 0 Å². The Hall–Kier alpha value is -1.16. The fourth-order valence-electron chi connectivity index (χ4n) is 2.75. The van der Waals surface area contributed by atoms with E-state index in [1.165, 1.54) is 12.0 Å². The van der Waals surface area contributed by atoms with Gasteiger partial charge >= 0.3 is 0 Å². The summed E-state index contributed by atoms with van der Waals surface area (Å²) >= 11 is 1.60. The van der Waals surface area contributed by atoms with E-state index in [4.69, 9.17) is 5.73 Å². The predicted molar refractivity (Wildman–Crippen MR) is 86.0 cm³/mol. The average Bonchev–Trinajstić information content (AvgIpc) is 2.47. The molecule has 1 unspecified atom stereocenters. The number of nitrogen functional groups attached to an aromatic ring is 1. The maximum Gasteiger partial charge on any atom is 0.233 e. The lowest BCUT2D eigenvalue weighted by Crippen LogP contribution is -2.44. The van der Waals surface area contributed by atoms with Crippen LogP contribution >= 0.6 is 11.8 Å². The van der Waals surface area contributed by atoms with Gasteiger partial charge in [-0.25, -0.2) is 0 Å². The van der Waals surface area contributed by atoms with Crippen molar-refractivity contribution in [2.75, 3.05) is 18.0 Å². The van der Waals surface area contributed by atoms with Crippen LogP contribution in [-0.2, 0) is 4.79 Å². The standard InChI is InChI=1S/C16H24N2OS/c1-3-14-6-4-5-9-18(14)16(19)11-20-15-10-13(17)8-7-12(15)2/h7-8,10,14H,3-6,9,11,17H2,1-2H3. The van der Waals surface area contributed by atoms with E-state index in [0.717, 1.165) is 36.4 Å². The van der Waals surface area contributed by atoms with Crippen LogP contribution in [0.3, 0.4) is 0 Å². The summed E-state index contributed by atoms with van der Waals surface area (Å²) in [5.41, 5.74) is 7.75. The van der Waals surface area contributed by atoms with Gasteiger partial charge in [0.1, 0.15) is 0 Å². The minimum absolute atomic E-state index is 0.267. The topological polar surface area (TPSA) is 46.3 Å². The molecule has 2 rings (SSSR count). The zero-order chi connectivity index (χ0) is 14.5. The molecule has 0 aliphatic carbocycles. The van der Waals surface area contributed by atoms with Gasteiger partial charge in [0.2, 0.25) is 5.91 Å². The van der Waals surface area contributed by atoms with Gasteiger partial charge in [0.15, 0.2) is 0 Å². The summed E-state index contributed by atoms with van der Waals surface area (Å²) < 4.78 is 0. The molecular weight excluding hydrogens is 268 g/mol. The van der Waals surface area contributed by atoms with Crippen LogP contribution < -0.4 is 5.73 Å². The van der Waals surface area contributed by atoms with Crippen molar-refractivity contribution >= 4 is 23.4 Å². The zero-order valence-corrected chi connectivity index (χ0v) is 13.2. The number of hydrogen-bond donors (Lipinski definition) is 1. The zero-order valence-electron chi connectivity index (χ0n) is 12.4. The highest BCUT2D eigenvalue weighted by Crippen LogP contribution is 2.26. The molecule has 1 aliphatic rings. The summed E-state index contributed by atoms with van der Waals surface area (Å²) in [5.74, 6) is 0.782. The van der Waals surface area contributed by atoms with Crippen LogP contribution in [0.15, 0.2) is 23.1 Å². The number of amides is 1. The number of likely N-dealkylation sites (tertiary alicyclic amines) is 1. The van der Waals surface area contributed by atoms with Crippen molar-refractivity contribution in [3.05, 3.63) is 23.8 Å². The van der Waals surface area contributed by atoms with E-state index in [1.54, 1.807) is 11.8 Å². The van der Waals surface area contributed by atoms with Crippen LogP contribution in [0.4, 0.5) is 5.69 Å². The smallest absolute Gasteiger partial charge is 0.233 e. The molecule has 20 heavy (non-hydrogen) atoms. The molecule has 0 aromatic heterocycles. The fraction of sp³-hybridized carbons (Fsp3) is 0.562. The SMILES string of the molecule is CCC1CCCCN1C(=O)CSc1cc(N)ccc1C. The quantitative estimate of drug-likeness (QED) is 0.683. The van der Waals surface area contributed by atoms with Crippen LogP contribution in [0, 0.1) is 6.92 Å². The molecule has 1 fully saturated rings. The number of carbonyl (C=O) groups excluding carboxylic acids is 1. The number of carbonyl (C=O) groups is 1. The summed E-state index contributed by atoms with van der Waals surface area (Å²) in [6.45, 7) is 5.15. The van der Waals surface area contributed by atoms with E-state index in [1.807, 2.05) is 18.2 Å². The third-order valence-corrected chi connectivity index (χ3v) is 5.12. The Bertz CT molecular complexity index is 476. The third kappa shape index (κ3) is 3.69. The number of rotatable bonds is 4. The lowest BCUT2D eigenvalue weighted by molar-refractivity contribution is -0.132. The van der Waals surface area contributed by atoms with Crippen molar-refractivity contribution in [2.24, 2.45) is 0 Å². The first-order valence-corrected chi connectivity index (χ1v) is 8.38. The van der Waals surface area contributed by atoms with Crippen molar-refractivity contribution in [1.82, 2.24) is 4.90 Å². The number of benzene rings is 1. The fourth-order valence-corrected chi connectivity index (χ4v) is 3.71. The summed E-state index contributed by atoms with van der Waals surface area (Å²) in [6, 6.07) is 6.32. The molecule has 3 nitrogen and oxygen atoms in total. The van der Waals surface area contributed by atoms with E-state index < -0.39 is 0 Å². The van der Waals surface area contributed by atoms with Crippen molar-refractivity contribution < 1.29 is 4.79 Å². The minimum Gasteiger partial charge on any atom is -0.399 e. The maximum atomic E-state index is 12.4. The van der Waals surface area contributed by atoms with E-state index in [9.17, 15) is 4.79 Å². The molecule has 4 heteroatoms. The Morgan fingerprint density at radius 2 is 2.25 bits per heavy atom. The highest BCUT2D eigenvalue weighted by Gasteiger charge is 2.25. The predicted octanol–water partition coefficient (Wildman–Crippen LogP) is 3.46. The van der Waals surface area contributed by atoms with E-state index in [-0.39, 0.29) is 5.91 Å². The minimum atomic E-state index is 0.267. The number of nitrogens with two attached hydrogens (primary N) is 1. The van der Waals surface area contributed by atoms with Gasteiger partial charge in [-0.15, -0.1) is 11.8 Å². The van der Waals surface area contributed by atoms with Gasteiger partial charge in [-0.2, -0.15) is 0 Å². The second kappa shape index (κ2) is 7.02. The molecule has 1 amide bonds. The van der Waals surface area contributed by atoms with Crippen molar-refractivity contribution in [2.45, 2.75) is 50.5 Å². The molecule has 1 heterocycles.